The third-order valence-electron chi connectivity index (χ3n) is 6.62. The van der Waals surface area contributed by atoms with Gasteiger partial charge in [0, 0.05) is 52.2 Å². The van der Waals surface area contributed by atoms with Crippen LogP contribution in [0.5, 0.6) is 0 Å². The minimum atomic E-state index is -0.890. The molecule has 2 saturated heterocycles. The summed E-state index contributed by atoms with van der Waals surface area (Å²) in [6, 6.07) is 1.51. The van der Waals surface area contributed by atoms with Crippen LogP contribution in [-0.4, -0.2) is 79.8 Å². The number of urea groups is 1. The fraction of sp³-hybridized carbons (Fsp3) is 0.857. The largest absolute Gasteiger partial charge is 0.381 e. The molecule has 2 aliphatic heterocycles. The molecule has 162 valence electrons. The summed E-state index contributed by atoms with van der Waals surface area (Å²) in [5, 5.41) is 15.6. The number of nitrogens with one attached hydrogen (secondary N) is 2. The van der Waals surface area contributed by atoms with Crippen LogP contribution in [-0.2, 0) is 9.53 Å². The summed E-state index contributed by atoms with van der Waals surface area (Å²) in [6.07, 6.45) is 7.43. The molecular weight excluding hydrogens is 370 g/mol. The molecule has 3 aliphatic rings. The number of nitrogens with zero attached hydrogens (tertiary/aromatic N) is 3. The van der Waals surface area contributed by atoms with E-state index in [0.717, 1.165) is 25.9 Å². The van der Waals surface area contributed by atoms with Crippen LogP contribution in [0.15, 0.2) is 0 Å². The van der Waals surface area contributed by atoms with E-state index in [1.54, 1.807) is 4.90 Å². The second kappa shape index (κ2) is 10.3. The Balaban J connectivity index is 1.65. The fourth-order valence-electron chi connectivity index (χ4n) is 4.55. The summed E-state index contributed by atoms with van der Waals surface area (Å²) in [7, 11) is 2.05. The van der Waals surface area contributed by atoms with Crippen molar-refractivity contribution in [2.45, 2.75) is 62.9 Å². The maximum Gasteiger partial charge on any atom is 0.318 e. The monoisotopic (exact) mass is 405 g/mol. The Bertz CT molecular complexity index is 600. The highest BCUT2D eigenvalue weighted by molar-refractivity contribution is 5.87. The molecular formula is C21H35N5O3. The van der Waals surface area contributed by atoms with Crippen molar-refractivity contribution in [3.05, 3.63) is 0 Å². The Labute approximate surface area is 173 Å². The van der Waals surface area contributed by atoms with E-state index in [2.05, 4.69) is 21.6 Å². The molecule has 1 aliphatic carbocycles. The molecule has 8 nitrogen and oxygen atoms in total. The van der Waals surface area contributed by atoms with Crippen LogP contribution in [0.25, 0.3) is 0 Å². The molecule has 3 fully saturated rings. The highest BCUT2D eigenvalue weighted by Gasteiger charge is 2.37. The lowest BCUT2D eigenvalue weighted by atomic mass is 9.84. The van der Waals surface area contributed by atoms with Gasteiger partial charge in [-0.05, 0) is 19.4 Å². The number of rotatable bonds is 5. The van der Waals surface area contributed by atoms with Gasteiger partial charge in [-0.3, -0.25) is 4.79 Å². The van der Waals surface area contributed by atoms with Crippen LogP contribution < -0.4 is 10.6 Å². The minimum absolute atomic E-state index is 0.174. The molecule has 2 N–H and O–H groups in total. The van der Waals surface area contributed by atoms with Gasteiger partial charge in [0.2, 0.25) is 5.91 Å². The van der Waals surface area contributed by atoms with Crippen LogP contribution in [0.4, 0.5) is 4.79 Å². The van der Waals surface area contributed by atoms with E-state index < -0.39 is 11.6 Å². The molecule has 0 radical (unpaired) electrons. The molecule has 3 rings (SSSR count). The quantitative estimate of drug-likeness (QED) is 0.722. The third kappa shape index (κ3) is 6.06. The van der Waals surface area contributed by atoms with Crippen LogP contribution >= 0.6 is 0 Å². The zero-order chi connectivity index (χ0) is 20.7. The minimum Gasteiger partial charge on any atom is -0.381 e. The lowest BCUT2D eigenvalue weighted by Crippen LogP contribution is -2.59. The van der Waals surface area contributed by atoms with Crippen molar-refractivity contribution in [3.8, 4) is 6.07 Å². The molecule has 8 heteroatoms. The predicted octanol–water partition coefficient (Wildman–Crippen LogP) is 1.47. The zero-order valence-corrected chi connectivity index (χ0v) is 17.6. The third-order valence-corrected chi connectivity index (χ3v) is 6.62. The van der Waals surface area contributed by atoms with Gasteiger partial charge < -0.3 is 25.2 Å². The second-order valence-corrected chi connectivity index (χ2v) is 8.83. The normalized spacial score (nSPS) is 24.3. The van der Waals surface area contributed by atoms with E-state index in [-0.39, 0.29) is 11.9 Å². The number of hydrogen-bond donors (Lipinski definition) is 2. The molecule has 0 bridgehead atoms. The van der Waals surface area contributed by atoms with Crippen LogP contribution in [0, 0.1) is 17.2 Å². The van der Waals surface area contributed by atoms with E-state index in [1.807, 2.05) is 7.05 Å². The first kappa shape index (κ1) is 21.8. The number of likely N-dealkylation sites (N-methyl/N-ethyl adjacent to an activating group) is 1. The van der Waals surface area contributed by atoms with Gasteiger partial charge in [0.15, 0.2) is 0 Å². The number of nitriles is 1. The highest BCUT2D eigenvalue weighted by atomic mass is 16.5. The molecule has 0 aromatic carbocycles. The average Bonchev–Trinajstić information content (AvgIpc) is 2.75. The predicted molar refractivity (Wildman–Crippen MR) is 109 cm³/mol. The molecule has 29 heavy (non-hydrogen) atoms. The summed E-state index contributed by atoms with van der Waals surface area (Å²) >= 11 is 0. The van der Waals surface area contributed by atoms with Crippen molar-refractivity contribution in [1.29, 1.82) is 5.26 Å². The fourth-order valence-corrected chi connectivity index (χ4v) is 4.55. The smallest absolute Gasteiger partial charge is 0.318 e. The van der Waals surface area contributed by atoms with Gasteiger partial charge in [0.05, 0.1) is 6.07 Å². The number of amides is 3. The van der Waals surface area contributed by atoms with Gasteiger partial charge in [0.1, 0.15) is 11.6 Å². The molecule has 1 unspecified atom stereocenters. The van der Waals surface area contributed by atoms with Crippen LogP contribution in [0.3, 0.4) is 0 Å². The maximum absolute atomic E-state index is 13.2. The lowest BCUT2D eigenvalue weighted by molar-refractivity contribution is -0.125. The van der Waals surface area contributed by atoms with Crippen molar-refractivity contribution in [2.24, 2.45) is 5.92 Å². The van der Waals surface area contributed by atoms with E-state index in [4.69, 9.17) is 4.74 Å². The molecule has 2 heterocycles. The van der Waals surface area contributed by atoms with E-state index in [0.29, 0.717) is 51.5 Å². The Hall–Kier alpha value is -1.85. The Morgan fingerprint density at radius 1 is 1.14 bits per heavy atom. The number of piperazine rings is 1. The molecule has 3 amide bonds. The summed E-state index contributed by atoms with van der Waals surface area (Å²) < 4.78 is 5.36. The van der Waals surface area contributed by atoms with Crippen molar-refractivity contribution in [1.82, 2.24) is 20.4 Å². The molecule has 1 saturated carbocycles. The van der Waals surface area contributed by atoms with Crippen LogP contribution in [0.2, 0.25) is 0 Å². The van der Waals surface area contributed by atoms with Gasteiger partial charge in [-0.1, -0.05) is 32.1 Å². The molecule has 0 spiro atoms. The first-order valence-corrected chi connectivity index (χ1v) is 11.1. The van der Waals surface area contributed by atoms with Crippen LogP contribution in [0.1, 0.15) is 51.4 Å². The molecule has 1 atom stereocenters. The first-order chi connectivity index (χ1) is 14.0. The molecule has 0 aromatic heterocycles. The topological polar surface area (TPSA) is 97.7 Å². The number of hydrogen-bond acceptors (Lipinski definition) is 5. The first-order valence-electron chi connectivity index (χ1n) is 11.1. The Morgan fingerprint density at radius 2 is 1.79 bits per heavy atom. The van der Waals surface area contributed by atoms with E-state index >= 15 is 0 Å². The number of carbonyl (C=O) groups is 2. The van der Waals surface area contributed by atoms with Gasteiger partial charge in [0.25, 0.3) is 0 Å². The number of carbonyl (C=O) groups excluding carboxylic acids is 2. The van der Waals surface area contributed by atoms with Gasteiger partial charge >= 0.3 is 6.03 Å². The van der Waals surface area contributed by atoms with Gasteiger partial charge in [-0.15, -0.1) is 0 Å². The van der Waals surface area contributed by atoms with E-state index in [1.165, 1.54) is 19.3 Å². The van der Waals surface area contributed by atoms with Crippen molar-refractivity contribution in [2.75, 3.05) is 46.4 Å². The Morgan fingerprint density at radius 3 is 2.41 bits per heavy atom. The summed E-state index contributed by atoms with van der Waals surface area (Å²) in [5.74, 6) is 0.210. The highest BCUT2D eigenvalue weighted by Crippen LogP contribution is 2.28. The van der Waals surface area contributed by atoms with Crippen molar-refractivity contribution in [3.63, 3.8) is 0 Å². The zero-order valence-electron chi connectivity index (χ0n) is 17.6. The standard InChI is InChI=1S/C21H35N5O3/c1-25-9-11-26(12-10-25)20(28)23-18(15-17-5-3-2-4-6-17)19(27)24-21(16-22)7-13-29-14-8-21/h17-18H,2-15H2,1H3,(H,23,28)(H,24,27). The molecule has 0 aromatic rings. The van der Waals surface area contributed by atoms with E-state index in [9.17, 15) is 14.9 Å². The van der Waals surface area contributed by atoms with Gasteiger partial charge in [-0.25, -0.2) is 4.79 Å². The van der Waals surface area contributed by atoms with Gasteiger partial charge in [-0.2, -0.15) is 5.26 Å². The average molecular weight is 406 g/mol. The van der Waals surface area contributed by atoms with Crippen molar-refractivity contribution < 1.29 is 14.3 Å². The van der Waals surface area contributed by atoms with Crippen molar-refractivity contribution >= 4 is 11.9 Å². The Kier molecular flexibility index (Phi) is 7.73. The SMILES string of the molecule is CN1CCN(C(=O)NC(CC2CCCCC2)C(=O)NC2(C#N)CCOCC2)CC1. The number of ether oxygens (including phenoxy) is 1. The summed E-state index contributed by atoms with van der Waals surface area (Å²) in [4.78, 5) is 30.0. The summed E-state index contributed by atoms with van der Waals surface area (Å²) in [5.41, 5.74) is -0.890. The second-order valence-electron chi connectivity index (χ2n) is 8.83. The lowest BCUT2D eigenvalue weighted by Gasteiger charge is -2.36. The maximum atomic E-state index is 13.2. The summed E-state index contributed by atoms with van der Waals surface area (Å²) in [6.45, 7) is 3.94.